The third-order valence-electron chi connectivity index (χ3n) is 0.390. The Bertz CT molecular complexity index is 67.8. The van der Waals surface area contributed by atoms with E-state index in [-0.39, 0.29) is 0 Å². The molecular formula is C3H7Cl2OP. The molecule has 1 N–H and O–H groups in total. The monoisotopic (exact) mass is 160 g/mol. The number of hydrogen-bond donors (Lipinski definition) is 1. The summed E-state index contributed by atoms with van der Waals surface area (Å²) in [5.41, 5.74) is 0. The molecule has 0 aromatic rings. The summed E-state index contributed by atoms with van der Waals surface area (Å²) in [5.74, 6) is 0. The van der Waals surface area contributed by atoms with E-state index >= 15 is 0 Å². The van der Waals surface area contributed by atoms with Crippen molar-refractivity contribution in [2.75, 3.05) is 6.16 Å². The van der Waals surface area contributed by atoms with Crippen molar-refractivity contribution in [1.82, 2.24) is 0 Å². The van der Waals surface area contributed by atoms with Crippen LogP contribution in [0.1, 0.15) is 0 Å². The Hall–Kier alpha value is 0.710. The van der Waals surface area contributed by atoms with Gasteiger partial charge in [-0.2, -0.15) is 0 Å². The summed E-state index contributed by atoms with van der Waals surface area (Å²) < 4.78 is 0. The Labute approximate surface area is 52.9 Å². The molecule has 0 saturated carbocycles. The van der Waals surface area contributed by atoms with Crippen molar-refractivity contribution in [2.24, 2.45) is 0 Å². The third kappa shape index (κ3) is 6.71. The van der Waals surface area contributed by atoms with Crippen LogP contribution < -0.4 is 0 Å². The normalized spacial score (nSPS) is 13.6. The Kier molecular flexibility index (Phi) is 3.18. The van der Waals surface area contributed by atoms with Crippen LogP contribution in [-0.2, 0) is 0 Å². The number of rotatable bonds is 2. The van der Waals surface area contributed by atoms with E-state index in [1.807, 2.05) is 0 Å². The molecule has 0 heterocycles. The van der Waals surface area contributed by atoms with Gasteiger partial charge in [0.1, 0.15) is 0 Å². The summed E-state index contributed by atoms with van der Waals surface area (Å²) >= 11 is 10.4. The second-order valence-corrected chi connectivity index (χ2v) is 7.23. The molecular weight excluding hydrogens is 154 g/mol. The minimum atomic E-state index is -2.83. The minimum absolute atomic E-state index is 0.329. The first-order valence-corrected chi connectivity index (χ1v) is 5.95. The predicted octanol–water partition coefficient (Wildman–Crippen LogP) is 2.14. The number of allylic oxidation sites excluding steroid dienone is 1. The van der Waals surface area contributed by atoms with E-state index in [1.165, 1.54) is 6.08 Å². The van der Waals surface area contributed by atoms with E-state index in [0.717, 1.165) is 0 Å². The summed E-state index contributed by atoms with van der Waals surface area (Å²) in [5, 5.41) is 0. The van der Waals surface area contributed by atoms with E-state index in [2.05, 4.69) is 6.58 Å². The average molecular weight is 161 g/mol. The van der Waals surface area contributed by atoms with E-state index in [1.54, 1.807) is 0 Å². The molecule has 0 spiro atoms. The van der Waals surface area contributed by atoms with Gasteiger partial charge in [-0.3, -0.25) is 0 Å². The predicted molar refractivity (Wildman–Crippen MR) is 37.3 cm³/mol. The number of halogens is 2. The van der Waals surface area contributed by atoms with E-state index in [0.29, 0.717) is 6.16 Å². The summed E-state index contributed by atoms with van der Waals surface area (Å²) in [6, 6.07) is 0. The maximum absolute atomic E-state index is 8.62. The van der Waals surface area contributed by atoms with Gasteiger partial charge in [-0.25, -0.2) is 0 Å². The second kappa shape index (κ2) is 2.88. The molecule has 7 heavy (non-hydrogen) atoms. The number of hydrogen-bond acceptors (Lipinski definition) is 1. The zero-order valence-electron chi connectivity index (χ0n) is 3.69. The molecule has 0 aromatic carbocycles. The Balaban J connectivity index is 3.34. The summed E-state index contributed by atoms with van der Waals surface area (Å²) in [6.07, 6.45) is -0.995. The fraction of sp³-hybridized carbons (Fsp3) is 0.333. The van der Waals surface area contributed by atoms with Crippen molar-refractivity contribution in [1.29, 1.82) is 0 Å². The molecule has 0 unspecified atom stereocenters. The van der Waals surface area contributed by atoms with Crippen molar-refractivity contribution in [3.05, 3.63) is 12.7 Å². The first-order chi connectivity index (χ1) is 3.06. The molecule has 0 aliphatic carbocycles. The van der Waals surface area contributed by atoms with E-state index in [9.17, 15) is 0 Å². The molecule has 0 atom stereocenters. The zero-order valence-corrected chi connectivity index (χ0v) is 6.21. The third-order valence-corrected chi connectivity index (χ3v) is 2.10. The average Bonchev–Trinajstić information content (AvgIpc) is 1.30. The second-order valence-electron chi connectivity index (χ2n) is 1.16. The van der Waals surface area contributed by atoms with E-state index < -0.39 is 6.19 Å². The van der Waals surface area contributed by atoms with Gasteiger partial charge in [-0.15, -0.1) is 0 Å². The molecule has 0 fully saturated rings. The molecule has 4 heteroatoms. The van der Waals surface area contributed by atoms with Crippen molar-refractivity contribution in [3.8, 4) is 0 Å². The van der Waals surface area contributed by atoms with E-state index in [4.69, 9.17) is 27.4 Å². The Morgan fingerprint density at radius 3 is 2.14 bits per heavy atom. The molecule has 0 saturated heterocycles. The van der Waals surface area contributed by atoms with Crippen LogP contribution in [0.25, 0.3) is 0 Å². The summed E-state index contributed by atoms with van der Waals surface area (Å²) in [4.78, 5) is 8.62. The molecule has 0 aliphatic rings. The van der Waals surface area contributed by atoms with Crippen LogP contribution in [0.5, 0.6) is 0 Å². The van der Waals surface area contributed by atoms with Gasteiger partial charge in [0.2, 0.25) is 0 Å². The van der Waals surface area contributed by atoms with Crippen LogP contribution in [-0.4, -0.2) is 11.1 Å². The van der Waals surface area contributed by atoms with Crippen molar-refractivity contribution >= 4 is 28.7 Å². The van der Waals surface area contributed by atoms with Gasteiger partial charge < -0.3 is 0 Å². The summed E-state index contributed by atoms with van der Waals surface area (Å²) in [6.45, 7) is 3.35. The molecule has 0 aromatic heterocycles. The molecule has 0 bridgehead atoms. The fourth-order valence-electron chi connectivity index (χ4n) is 0.174. The van der Waals surface area contributed by atoms with Crippen molar-refractivity contribution < 1.29 is 4.89 Å². The van der Waals surface area contributed by atoms with Gasteiger partial charge in [-0.1, -0.05) is 0 Å². The van der Waals surface area contributed by atoms with Crippen LogP contribution >= 0.6 is 28.7 Å². The van der Waals surface area contributed by atoms with Gasteiger partial charge in [-0.05, 0) is 0 Å². The van der Waals surface area contributed by atoms with Crippen LogP contribution in [0, 0.1) is 0 Å². The Morgan fingerprint density at radius 2 is 2.14 bits per heavy atom. The Morgan fingerprint density at radius 1 is 1.71 bits per heavy atom. The fourth-order valence-corrected chi connectivity index (χ4v) is 1.18. The SMILES string of the molecule is C=CC[PH](O)(Cl)Cl. The van der Waals surface area contributed by atoms with Gasteiger partial charge >= 0.3 is 52.4 Å². The standard InChI is InChI=1S/C3H7Cl2OP/c1-2-3-7(4,5)6/h2,6-7H,1,3H2. The van der Waals surface area contributed by atoms with Crippen molar-refractivity contribution in [3.63, 3.8) is 0 Å². The quantitative estimate of drug-likeness (QED) is 0.485. The molecule has 1 nitrogen and oxygen atoms in total. The topological polar surface area (TPSA) is 20.2 Å². The zero-order chi connectivity index (χ0) is 5.91. The van der Waals surface area contributed by atoms with Crippen LogP contribution in [0.3, 0.4) is 0 Å². The molecule has 0 aliphatic heterocycles. The maximum atomic E-state index is 8.62. The van der Waals surface area contributed by atoms with Crippen LogP contribution in [0.4, 0.5) is 0 Å². The molecule has 0 radical (unpaired) electrons. The summed E-state index contributed by atoms with van der Waals surface area (Å²) in [7, 11) is 0. The van der Waals surface area contributed by atoms with Crippen molar-refractivity contribution in [2.45, 2.75) is 0 Å². The van der Waals surface area contributed by atoms with Crippen LogP contribution in [0.2, 0.25) is 0 Å². The first-order valence-electron chi connectivity index (χ1n) is 1.77. The van der Waals surface area contributed by atoms with Gasteiger partial charge in [0.05, 0.1) is 0 Å². The van der Waals surface area contributed by atoms with Gasteiger partial charge in [0, 0.05) is 0 Å². The molecule has 44 valence electrons. The van der Waals surface area contributed by atoms with Crippen LogP contribution in [0.15, 0.2) is 12.7 Å². The molecule has 0 amide bonds. The van der Waals surface area contributed by atoms with Gasteiger partial charge in [0.15, 0.2) is 0 Å². The first kappa shape index (κ1) is 7.71. The van der Waals surface area contributed by atoms with Gasteiger partial charge in [0.25, 0.3) is 0 Å². The molecule has 0 rings (SSSR count).